The third-order valence-corrected chi connectivity index (χ3v) is 5.66. The fraction of sp³-hybridized carbons (Fsp3) is 0.235. The second kappa shape index (κ2) is 7.05. The lowest BCUT2D eigenvalue weighted by atomic mass is 10.1. The van der Waals surface area contributed by atoms with Gasteiger partial charge in [-0.1, -0.05) is 0 Å². The van der Waals surface area contributed by atoms with E-state index in [9.17, 15) is 17.6 Å². The highest BCUT2D eigenvalue weighted by Crippen LogP contribution is 2.30. The van der Waals surface area contributed by atoms with Gasteiger partial charge in [0, 0.05) is 32.1 Å². The molecule has 0 unspecified atom stereocenters. The highest BCUT2D eigenvalue weighted by atomic mass is 32.2. The molecular formula is C17H17FN4O4S. The normalized spacial score (nSPS) is 11.9. The van der Waals surface area contributed by atoms with Crippen LogP contribution in [0.4, 0.5) is 4.39 Å². The third-order valence-electron chi connectivity index (χ3n) is 3.85. The number of esters is 1. The van der Waals surface area contributed by atoms with E-state index in [1.807, 2.05) is 0 Å². The lowest BCUT2D eigenvalue weighted by Crippen LogP contribution is -2.22. The minimum absolute atomic E-state index is 0.0135. The van der Waals surface area contributed by atoms with Gasteiger partial charge in [-0.2, -0.15) is 5.10 Å². The molecule has 2 heterocycles. The van der Waals surface area contributed by atoms with Crippen molar-refractivity contribution in [2.75, 3.05) is 20.7 Å². The Morgan fingerprint density at radius 1 is 1.33 bits per heavy atom. The number of halogens is 1. The molecule has 27 heavy (non-hydrogen) atoms. The molecule has 0 aliphatic heterocycles. The molecule has 2 aromatic heterocycles. The second-order valence-electron chi connectivity index (χ2n) is 5.76. The second-order valence-corrected chi connectivity index (χ2v) is 7.91. The Morgan fingerprint density at radius 2 is 2.07 bits per heavy atom. The molecule has 0 N–H and O–H groups in total. The molecule has 0 aliphatic rings. The van der Waals surface area contributed by atoms with Gasteiger partial charge in [0.25, 0.3) is 0 Å². The molecule has 0 saturated carbocycles. The van der Waals surface area contributed by atoms with Crippen LogP contribution >= 0.6 is 0 Å². The van der Waals surface area contributed by atoms with Crippen LogP contribution < -0.4 is 0 Å². The number of hydrogen-bond acceptors (Lipinski definition) is 6. The lowest BCUT2D eigenvalue weighted by Gasteiger charge is -2.12. The number of fused-ring (bicyclic) bond motifs is 1. The molecular weight excluding hydrogens is 375 g/mol. The van der Waals surface area contributed by atoms with Crippen LogP contribution in [0.25, 0.3) is 16.9 Å². The molecule has 3 aromatic rings. The maximum absolute atomic E-state index is 14.8. The zero-order valence-corrected chi connectivity index (χ0v) is 15.7. The van der Waals surface area contributed by atoms with Crippen molar-refractivity contribution in [1.82, 2.24) is 18.9 Å². The first-order valence-electron chi connectivity index (χ1n) is 8.00. The number of benzene rings is 1. The minimum atomic E-state index is -3.79. The molecule has 0 saturated heterocycles. The molecule has 0 aliphatic carbocycles. The van der Waals surface area contributed by atoms with E-state index >= 15 is 0 Å². The van der Waals surface area contributed by atoms with Crippen molar-refractivity contribution in [3.05, 3.63) is 48.0 Å². The highest BCUT2D eigenvalue weighted by molar-refractivity contribution is 7.89. The third kappa shape index (κ3) is 3.28. The number of carbonyl (C=O) groups excluding carboxylic acids is 1. The summed E-state index contributed by atoms with van der Waals surface area (Å²) in [5, 5.41) is 4.23. The highest BCUT2D eigenvalue weighted by Gasteiger charge is 2.26. The van der Waals surface area contributed by atoms with Crippen molar-refractivity contribution in [2.45, 2.75) is 11.8 Å². The number of ether oxygens (including phenoxy) is 1. The molecule has 0 radical (unpaired) electrons. The quantitative estimate of drug-likeness (QED) is 0.616. The van der Waals surface area contributed by atoms with E-state index in [-0.39, 0.29) is 34.0 Å². The molecule has 0 amide bonds. The molecule has 0 fully saturated rings. The summed E-state index contributed by atoms with van der Waals surface area (Å²) in [6, 6.07) is 5.05. The number of sulfonamides is 1. The van der Waals surface area contributed by atoms with E-state index in [0.29, 0.717) is 0 Å². The van der Waals surface area contributed by atoms with Crippen LogP contribution in [-0.4, -0.2) is 54.0 Å². The summed E-state index contributed by atoms with van der Waals surface area (Å²) < 4.78 is 46.5. The minimum Gasteiger partial charge on any atom is -0.462 e. The summed E-state index contributed by atoms with van der Waals surface area (Å²) in [7, 11) is -1.08. The van der Waals surface area contributed by atoms with Crippen LogP contribution in [0.15, 0.2) is 41.6 Å². The zero-order valence-electron chi connectivity index (χ0n) is 14.9. The average Bonchev–Trinajstić information content (AvgIpc) is 3.00. The van der Waals surface area contributed by atoms with Gasteiger partial charge in [-0.05, 0) is 31.2 Å². The Labute approximate surface area is 155 Å². The predicted molar refractivity (Wildman–Crippen MR) is 95.2 cm³/mol. The molecule has 10 heteroatoms. The monoisotopic (exact) mass is 392 g/mol. The maximum atomic E-state index is 14.8. The van der Waals surface area contributed by atoms with Crippen molar-refractivity contribution >= 4 is 21.6 Å². The molecule has 1 aromatic carbocycles. The number of rotatable bonds is 5. The predicted octanol–water partition coefficient (Wildman–Crippen LogP) is 1.96. The lowest BCUT2D eigenvalue weighted by molar-refractivity contribution is 0.0529. The molecule has 0 atom stereocenters. The van der Waals surface area contributed by atoms with Crippen molar-refractivity contribution in [2.24, 2.45) is 0 Å². The Bertz CT molecular complexity index is 1130. The topological polar surface area (TPSA) is 93.9 Å². The van der Waals surface area contributed by atoms with Gasteiger partial charge in [-0.25, -0.2) is 31.4 Å². The SMILES string of the molecule is CCOC(=O)c1c(-c2ccc(S(=O)(=O)N(C)C)cc2F)nn2cccnc12. The Hall–Kier alpha value is -2.85. The van der Waals surface area contributed by atoms with Gasteiger partial charge in [0.1, 0.15) is 17.1 Å². The van der Waals surface area contributed by atoms with E-state index in [1.54, 1.807) is 19.2 Å². The number of aromatic nitrogens is 3. The summed E-state index contributed by atoms with van der Waals surface area (Å²) in [5.74, 6) is -1.52. The summed E-state index contributed by atoms with van der Waals surface area (Å²) in [6.45, 7) is 1.78. The Balaban J connectivity index is 2.21. The average molecular weight is 392 g/mol. The molecule has 142 valence electrons. The van der Waals surface area contributed by atoms with Gasteiger partial charge in [0.2, 0.25) is 10.0 Å². The Kier molecular flexibility index (Phi) is 4.94. The fourth-order valence-electron chi connectivity index (χ4n) is 2.53. The number of carbonyl (C=O) groups is 1. The summed E-state index contributed by atoms with van der Waals surface area (Å²) in [4.78, 5) is 16.3. The van der Waals surface area contributed by atoms with Crippen LogP contribution in [0.3, 0.4) is 0 Å². The summed E-state index contributed by atoms with van der Waals surface area (Å²) in [6.07, 6.45) is 3.05. The van der Waals surface area contributed by atoms with Crippen molar-refractivity contribution in [3.63, 3.8) is 0 Å². The fourth-order valence-corrected chi connectivity index (χ4v) is 3.44. The van der Waals surface area contributed by atoms with Crippen LogP contribution in [0.2, 0.25) is 0 Å². The molecule has 0 spiro atoms. The zero-order chi connectivity index (χ0) is 19.8. The van der Waals surface area contributed by atoms with Crippen LogP contribution in [0, 0.1) is 5.82 Å². The number of nitrogens with zero attached hydrogens (tertiary/aromatic N) is 4. The number of hydrogen-bond donors (Lipinski definition) is 0. The van der Waals surface area contributed by atoms with E-state index in [1.165, 1.54) is 36.9 Å². The maximum Gasteiger partial charge on any atom is 0.344 e. The van der Waals surface area contributed by atoms with Gasteiger partial charge in [0.05, 0.1) is 11.5 Å². The molecule has 0 bridgehead atoms. The van der Waals surface area contributed by atoms with Crippen LogP contribution in [0.1, 0.15) is 17.3 Å². The Morgan fingerprint density at radius 3 is 2.70 bits per heavy atom. The van der Waals surface area contributed by atoms with Crippen molar-refractivity contribution in [1.29, 1.82) is 0 Å². The smallest absolute Gasteiger partial charge is 0.344 e. The first-order chi connectivity index (χ1) is 12.8. The van der Waals surface area contributed by atoms with E-state index in [2.05, 4.69) is 10.1 Å². The molecule has 8 nitrogen and oxygen atoms in total. The van der Waals surface area contributed by atoms with Gasteiger partial charge in [0.15, 0.2) is 5.65 Å². The standard InChI is InChI=1S/C17H17FN4O4S/c1-4-26-17(23)14-15(20-22-9-5-8-19-16(14)22)12-7-6-11(10-13(12)18)27(24,25)21(2)3/h5-10H,4H2,1-3H3. The van der Waals surface area contributed by atoms with Crippen LogP contribution in [-0.2, 0) is 14.8 Å². The largest absolute Gasteiger partial charge is 0.462 e. The first kappa shape index (κ1) is 18.9. The van der Waals surface area contributed by atoms with E-state index in [4.69, 9.17) is 4.74 Å². The first-order valence-corrected chi connectivity index (χ1v) is 9.44. The van der Waals surface area contributed by atoms with E-state index < -0.39 is 21.8 Å². The summed E-state index contributed by atoms with van der Waals surface area (Å²) >= 11 is 0. The van der Waals surface area contributed by atoms with Gasteiger partial charge >= 0.3 is 5.97 Å². The van der Waals surface area contributed by atoms with Gasteiger partial charge in [-0.3, -0.25) is 0 Å². The molecule has 3 rings (SSSR count). The summed E-state index contributed by atoms with van der Waals surface area (Å²) in [5.41, 5.74) is 0.231. The van der Waals surface area contributed by atoms with Crippen molar-refractivity contribution in [3.8, 4) is 11.3 Å². The van der Waals surface area contributed by atoms with E-state index in [0.717, 1.165) is 10.4 Å². The van der Waals surface area contributed by atoms with Crippen molar-refractivity contribution < 1.29 is 22.3 Å². The van der Waals surface area contributed by atoms with Crippen LogP contribution in [0.5, 0.6) is 0 Å². The van der Waals surface area contributed by atoms with Gasteiger partial charge in [-0.15, -0.1) is 0 Å². The van der Waals surface area contributed by atoms with Gasteiger partial charge < -0.3 is 4.74 Å².